The van der Waals surface area contributed by atoms with Gasteiger partial charge in [-0.2, -0.15) is 5.10 Å². The molecule has 3 nitrogen and oxygen atoms in total. The summed E-state index contributed by atoms with van der Waals surface area (Å²) in [6.45, 7) is 14.3. The summed E-state index contributed by atoms with van der Waals surface area (Å²) >= 11 is 0. The Balaban J connectivity index is 2.91. The Morgan fingerprint density at radius 3 is 2.38 bits per heavy atom. The predicted octanol–water partition coefficient (Wildman–Crippen LogP) is 4.33. The van der Waals surface area contributed by atoms with Gasteiger partial charge in [-0.15, -0.1) is 0 Å². The van der Waals surface area contributed by atoms with Crippen molar-refractivity contribution in [2.45, 2.75) is 86.2 Å². The van der Waals surface area contributed by atoms with E-state index in [1.165, 1.54) is 42.6 Å². The van der Waals surface area contributed by atoms with Gasteiger partial charge in [0.15, 0.2) is 0 Å². The van der Waals surface area contributed by atoms with Gasteiger partial charge in [0.1, 0.15) is 0 Å². The molecule has 1 aromatic heterocycles. The first-order valence-corrected chi connectivity index (χ1v) is 8.99. The lowest BCUT2D eigenvalue weighted by Gasteiger charge is -2.16. The molecule has 21 heavy (non-hydrogen) atoms. The van der Waals surface area contributed by atoms with Gasteiger partial charge in [-0.25, -0.2) is 0 Å². The van der Waals surface area contributed by atoms with Crippen LogP contribution in [-0.2, 0) is 25.9 Å². The number of nitrogens with one attached hydrogen (secondary N) is 1. The molecule has 0 aromatic carbocycles. The molecule has 0 saturated heterocycles. The number of aromatic nitrogens is 2. The molecule has 1 aromatic rings. The number of nitrogens with zero attached hydrogens (tertiary/aromatic N) is 2. The molecule has 0 saturated carbocycles. The van der Waals surface area contributed by atoms with Crippen LogP contribution in [0.1, 0.15) is 77.3 Å². The lowest BCUT2D eigenvalue weighted by Crippen LogP contribution is -2.16. The molecule has 0 aliphatic carbocycles. The second kappa shape index (κ2) is 9.99. The molecule has 122 valence electrons. The van der Waals surface area contributed by atoms with Crippen LogP contribution in [-0.4, -0.2) is 16.3 Å². The van der Waals surface area contributed by atoms with E-state index in [4.69, 9.17) is 5.10 Å². The summed E-state index contributed by atoms with van der Waals surface area (Å²) in [6.07, 6.45) is 7.34. The second-order valence-electron chi connectivity index (χ2n) is 5.96. The number of unbranched alkanes of at least 4 members (excludes halogenated alkanes) is 1. The van der Waals surface area contributed by atoms with Crippen molar-refractivity contribution in [3.05, 3.63) is 17.0 Å². The standard InChI is InChI=1S/C18H35N3/c1-6-11-12-15(7-2)14-21-18(9-4)16(13-19-10-5)17(8-3)20-21/h15,19H,6-14H2,1-5H3. The van der Waals surface area contributed by atoms with Gasteiger partial charge in [-0.3, -0.25) is 4.68 Å². The number of hydrogen-bond donors (Lipinski definition) is 1. The van der Waals surface area contributed by atoms with Crippen LogP contribution in [0.5, 0.6) is 0 Å². The summed E-state index contributed by atoms with van der Waals surface area (Å²) in [6, 6.07) is 0. The van der Waals surface area contributed by atoms with Crippen LogP contribution in [0.25, 0.3) is 0 Å². The first-order chi connectivity index (χ1) is 10.2. The van der Waals surface area contributed by atoms with Crippen molar-refractivity contribution in [1.82, 2.24) is 15.1 Å². The zero-order valence-corrected chi connectivity index (χ0v) is 14.8. The number of rotatable bonds is 11. The normalized spacial score (nSPS) is 12.8. The Hall–Kier alpha value is -0.830. The molecule has 0 aliphatic rings. The van der Waals surface area contributed by atoms with Gasteiger partial charge < -0.3 is 5.32 Å². The van der Waals surface area contributed by atoms with Crippen molar-refractivity contribution in [2.75, 3.05) is 6.54 Å². The van der Waals surface area contributed by atoms with Crippen LogP contribution in [0.2, 0.25) is 0 Å². The molecule has 0 radical (unpaired) electrons. The fourth-order valence-electron chi connectivity index (χ4n) is 3.04. The lowest BCUT2D eigenvalue weighted by atomic mass is 9.99. The predicted molar refractivity (Wildman–Crippen MR) is 91.7 cm³/mol. The van der Waals surface area contributed by atoms with Crippen LogP contribution >= 0.6 is 0 Å². The minimum absolute atomic E-state index is 0.770. The Morgan fingerprint density at radius 2 is 1.86 bits per heavy atom. The van der Waals surface area contributed by atoms with Gasteiger partial charge >= 0.3 is 0 Å². The Bertz CT molecular complexity index is 395. The third kappa shape index (κ3) is 5.14. The largest absolute Gasteiger partial charge is 0.313 e. The van der Waals surface area contributed by atoms with E-state index < -0.39 is 0 Å². The summed E-state index contributed by atoms with van der Waals surface area (Å²) < 4.78 is 2.31. The summed E-state index contributed by atoms with van der Waals surface area (Å²) in [5, 5.41) is 8.40. The Kier molecular flexibility index (Phi) is 8.67. The quantitative estimate of drug-likeness (QED) is 0.658. The fourth-order valence-corrected chi connectivity index (χ4v) is 3.04. The molecule has 3 heteroatoms. The van der Waals surface area contributed by atoms with E-state index in [0.717, 1.165) is 38.4 Å². The second-order valence-corrected chi connectivity index (χ2v) is 5.96. The van der Waals surface area contributed by atoms with Gasteiger partial charge in [0.25, 0.3) is 0 Å². The van der Waals surface area contributed by atoms with Crippen molar-refractivity contribution in [2.24, 2.45) is 5.92 Å². The van der Waals surface area contributed by atoms with Crippen LogP contribution < -0.4 is 5.32 Å². The van der Waals surface area contributed by atoms with Crippen molar-refractivity contribution in [3.8, 4) is 0 Å². The van der Waals surface area contributed by atoms with Gasteiger partial charge in [0.05, 0.1) is 5.69 Å². The van der Waals surface area contributed by atoms with Crippen molar-refractivity contribution in [1.29, 1.82) is 0 Å². The number of hydrogen-bond acceptors (Lipinski definition) is 2. The third-order valence-electron chi connectivity index (χ3n) is 4.45. The summed E-state index contributed by atoms with van der Waals surface area (Å²) in [5.74, 6) is 0.770. The van der Waals surface area contributed by atoms with Crippen LogP contribution in [0, 0.1) is 5.92 Å². The molecular formula is C18H35N3. The average Bonchev–Trinajstić information content (AvgIpc) is 2.85. The van der Waals surface area contributed by atoms with Gasteiger partial charge in [-0.1, -0.05) is 53.9 Å². The van der Waals surface area contributed by atoms with E-state index in [0.29, 0.717) is 0 Å². The summed E-state index contributed by atoms with van der Waals surface area (Å²) in [7, 11) is 0. The van der Waals surface area contributed by atoms with Crippen LogP contribution in [0.4, 0.5) is 0 Å². The maximum Gasteiger partial charge on any atom is 0.0669 e. The fraction of sp³-hybridized carbons (Fsp3) is 0.833. The Labute approximate surface area is 131 Å². The zero-order chi connectivity index (χ0) is 15.7. The molecule has 0 bridgehead atoms. The summed E-state index contributed by atoms with van der Waals surface area (Å²) in [5.41, 5.74) is 4.19. The van der Waals surface area contributed by atoms with Crippen LogP contribution in [0.15, 0.2) is 0 Å². The highest BCUT2D eigenvalue weighted by Crippen LogP contribution is 2.21. The van der Waals surface area contributed by atoms with Gasteiger partial charge in [0, 0.05) is 24.3 Å². The minimum atomic E-state index is 0.770. The minimum Gasteiger partial charge on any atom is -0.313 e. The van der Waals surface area contributed by atoms with Crippen LogP contribution in [0.3, 0.4) is 0 Å². The Morgan fingerprint density at radius 1 is 1.10 bits per heavy atom. The third-order valence-corrected chi connectivity index (χ3v) is 4.45. The van der Waals surface area contributed by atoms with Crippen molar-refractivity contribution < 1.29 is 0 Å². The van der Waals surface area contributed by atoms with Gasteiger partial charge in [-0.05, 0) is 31.7 Å². The maximum atomic E-state index is 4.92. The monoisotopic (exact) mass is 293 g/mol. The maximum absolute atomic E-state index is 4.92. The molecule has 0 amide bonds. The molecule has 0 spiro atoms. The summed E-state index contributed by atoms with van der Waals surface area (Å²) in [4.78, 5) is 0. The molecule has 0 aliphatic heterocycles. The number of aryl methyl sites for hydroxylation is 1. The molecule has 1 heterocycles. The topological polar surface area (TPSA) is 29.9 Å². The van der Waals surface area contributed by atoms with E-state index in [-0.39, 0.29) is 0 Å². The van der Waals surface area contributed by atoms with Gasteiger partial charge in [0.2, 0.25) is 0 Å². The molecule has 0 fully saturated rings. The van der Waals surface area contributed by atoms with Crippen molar-refractivity contribution in [3.63, 3.8) is 0 Å². The van der Waals surface area contributed by atoms with E-state index >= 15 is 0 Å². The smallest absolute Gasteiger partial charge is 0.0669 e. The van der Waals surface area contributed by atoms with Crippen molar-refractivity contribution >= 4 is 0 Å². The lowest BCUT2D eigenvalue weighted by molar-refractivity contribution is 0.365. The van der Waals surface area contributed by atoms with E-state index in [2.05, 4.69) is 44.6 Å². The molecule has 1 unspecified atom stereocenters. The first-order valence-electron chi connectivity index (χ1n) is 8.99. The van der Waals surface area contributed by atoms with E-state index in [1.807, 2.05) is 0 Å². The van der Waals surface area contributed by atoms with E-state index in [1.54, 1.807) is 0 Å². The SMILES string of the molecule is CCCCC(CC)Cn1nc(CC)c(CNCC)c1CC. The molecule has 1 atom stereocenters. The first kappa shape index (κ1) is 18.2. The molecular weight excluding hydrogens is 258 g/mol. The highest BCUT2D eigenvalue weighted by Gasteiger charge is 2.17. The highest BCUT2D eigenvalue weighted by atomic mass is 15.3. The average molecular weight is 293 g/mol. The van der Waals surface area contributed by atoms with E-state index in [9.17, 15) is 0 Å². The zero-order valence-electron chi connectivity index (χ0n) is 14.8. The molecule has 1 rings (SSSR count). The molecule has 1 N–H and O–H groups in total. The highest BCUT2D eigenvalue weighted by molar-refractivity contribution is 5.26.